The maximum absolute atomic E-state index is 11.3. The van der Waals surface area contributed by atoms with Gasteiger partial charge in [0.15, 0.2) is 21.3 Å². The summed E-state index contributed by atoms with van der Waals surface area (Å²) in [4.78, 5) is 0. The van der Waals surface area contributed by atoms with Crippen LogP contribution in [0.1, 0.15) is 37.7 Å². The van der Waals surface area contributed by atoms with E-state index in [1.165, 1.54) is 24.8 Å². The Kier molecular flexibility index (Phi) is 4.56. The molecule has 0 unspecified atom stereocenters. The van der Waals surface area contributed by atoms with E-state index in [0.717, 1.165) is 12.8 Å². The highest BCUT2D eigenvalue weighted by Crippen LogP contribution is 2.42. The van der Waals surface area contributed by atoms with E-state index in [4.69, 9.17) is 15.2 Å². The number of ether oxygens (including phenoxy) is 2. The summed E-state index contributed by atoms with van der Waals surface area (Å²) in [6.45, 7) is 0.636. The number of hydrogen-bond acceptors (Lipinski definition) is 5. The Morgan fingerprint density at radius 1 is 1.17 bits per heavy atom. The average Bonchev–Trinajstić information content (AvgIpc) is 2.54. The first-order valence-electron chi connectivity index (χ1n) is 8.24. The second kappa shape index (κ2) is 6.32. The zero-order valence-corrected chi connectivity index (χ0v) is 14.4. The number of benzene rings is 1. The molecule has 0 bridgehead atoms. The van der Waals surface area contributed by atoms with Crippen molar-refractivity contribution >= 4 is 9.84 Å². The molecule has 3 rings (SSSR count). The molecular formula is C17H25NO4S. The predicted molar refractivity (Wildman–Crippen MR) is 89.9 cm³/mol. The molecule has 2 aliphatic rings. The van der Waals surface area contributed by atoms with Gasteiger partial charge in [-0.15, -0.1) is 0 Å². The topological polar surface area (TPSA) is 78.6 Å². The quantitative estimate of drug-likeness (QED) is 0.888. The molecule has 128 valence electrons. The molecule has 1 heterocycles. The van der Waals surface area contributed by atoms with Crippen LogP contribution in [0.4, 0.5) is 0 Å². The van der Waals surface area contributed by atoms with Gasteiger partial charge in [-0.1, -0.05) is 25.3 Å². The summed E-state index contributed by atoms with van der Waals surface area (Å²) in [7, 11) is -1.28. The van der Waals surface area contributed by atoms with Crippen LogP contribution in [0.2, 0.25) is 0 Å². The van der Waals surface area contributed by atoms with Crippen molar-refractivity contribution in [1.29, 1.82) is 0 Å². The molecule has 5 nitrogen and oxygen atoms in total. The van der Waals surface area contributed by atoms with Crippen LogP contribution in [0.15, 0.2) is 18.2 Å². The van der Waals surface area contributed by atoms with Gasteiger partial charge in [0.2, 0.25) is 0 Å². The van der Waals surface area contributed by atoms with E-state index in [0.29, 0.717) is 18.0 Å². The average molecular weight is 339 g/mol. The second-order valence-electron chi connectivity index (χ2n) is 6.73. The van der Waals surface area contributed by atoms with Crippen LogP contribution in [0, 0.1) is 0 Å². The van der Waals surface area contributed by atoms with Crippen molar-refractivity contribution in [3.63, 3.8) is 0 Å². The Balaban J connectivity index is 1.81. The van der Waals surface area contributed by atoms with Crippen molar-refractivity contribution in [2.24, 2.45) is 5.73 Å². The Morgan fingerprint density at radius 3 is 2.43 bits per heavy atom. The highest BCUT2D eigenvalue weighted by Gasteiger charge is 2.36. The minimum Gasteiger partial charge on any atom is -0.493 e. The number of hydrogen-bond donors (Lipinski definition) is 1. The standard InChI is InChI=1S/C17H25NO4S/c1-21-16-9-13(17(12-18)7-3-2-4-8-17)5-6-15(16)22-14-10-23(19,20)11-14/h5-6,9,14H,2-4,7-8,10-12,18H2,1H3. The van der Waals surface area contributed by atoms with Crippen molar-refractivity contribution in [3.8, 4) is 11.5 Å². The van der Waals surface area contributed by atoms with Gasteiger partial charge in [0.05, 0.1) is 18.6 Å². The molecule has 2 N–H and O–H groups in total. The van der Waals surface area contributed by atoms with E-state index >= 15 is 0 Å². The Morgan fingerprint density at radius 2 is 1.87 bits per heavy atom. The van der Waals surface area contributed by atoms with Crippen molar-refractivity contribution < 1.29 is 17.9 Å². The summed E-state index contributed by atoms with van der Waals surface area (Å²) in [5, 5.41) is 0. The Labute approximate surface area is 138 Å². The van der Waals surface area contributed by atoms with E-state index in [9.17, 15) is 8.42 Å². The summed E-state index contributed by atoms with van der Waals surface area (Å²) < 4.78 is 33.8. The van der Waals surface area contributed by atoms with Crippen LogP contribution in [0.3, 0.4) is 0 Å². The summed E-state index contributed by atoms with van der Waals surface area (Å²) in [6, 6.07) is 5.97. The lowest BCUT2D eigenvalue weighted by Gasteiger charge is -2.37. The first-order chi connectivity index (χ1) is 11.0. The van der Waals surface area contributed by atoms with E-state index in [-0.39, 0.29) is 23.0 Å². The number of methoxy groups -OCH3 is 1. The van der Waals surface area contributed by atoms with Gasteiger partial charge in [-0.05, 0) is 30.5 Å². The third-order valence-electron chi connectivity index (χ3n) is 5.15. The molecule has 0 spiro atoms. The fourth-order valence-electron chi connectivity index (χ4n) is 3.70. The molecule has 1 saturated heterocycles. The molecule has 0 atom stereocenters. The summed E-state index contributed by atoms with van der Waals surface area (Å²) in [6.07, 6.45) is 5.63. The monoisotopic (exact) mass is 339 g/mol. The van der Waals surface area contributed by atoms with Gasteiger partial charge in [0.25, 0.3) is 0 Å². The fourth-order valence-corrected chi connectivity index (χ4v) is 4.87. The van der Waals surface area contributed by atoms with Crippen LogP contribution < -0.4 is 15.2 Å². The van der Waals surface area contributed by atoms with Gasteiger partial charge >= 0.3 is 0 Å². The first kappa shape index (κ1) is 16.6. The van der Waals surface area contributed by atoms with Crippen molar-refractivity contribution in [2.75, 3.05) is 25.2 Å². The third-order valence-corrected chi connectivity index (χ3v) is 6.91. The predicted octanol–water partition coefficient (Wildman–Crippen LogP) is 2.03. The maximum atomic E-state index is 11.3. The zero-order chi connectivity index (χ0) is 16.5. The molecular weight excluding hydrogens is 314 g/mol. The number of sulfone groups is 1. The molecule has 0 aromatic heterocycles. The molecule has 6 heteroatoms. The van der Waals surface area contributed by atoms with Crippen molar-refractivity contribution in [2.45, 2.75) is 43.6 Å². The van der Waals surface area contributed by atoms with Gasteiger partial charge in [-0.2, -0.15) is 0 Å². The van der Waals surface area contributed by atoms with Gasteiger partial charge < -0.3 is 15.2 Å². The van der Waals surface area contributed by atoms with Crippen LogP contribution in [0.5, 0.6) is 11.5 Å². The maximum Gasteiger partial charge on any atom is 0.161 e. The van der Waals surface area contributed by atoms with E-state index in [1.807, 2.05) is 12.1 Å². The molecule has 2 fully saturated rings. The fraction of sp³-hybridized carbons (Fsp3) is 0.647. The van der Waals surface area contributed by atoms with E-state index < -0.39 is 9.84 Å². The lowest BCUT2D eigenvalue weighted by molar-refractivity contribution is 0.219. The van der Waals surface area contributed by atoms with Gasteiger partial charge in [-0.25, -0.2) is 8.42 Å². The second-order valence-corrected chi connectivity index (χ2v) is 8.88. The highest BCUT2D eigenvalue weighted by atomic mass is 32.2. The van der Waals surface area contributed by atoms with Crippen molar-refractivity contribution in [3.05, 3.63) is 23.8 Å². The smallest absolute Gasteiger partial charge is 0.161 e. The van der Waals surface area contributed by atoms with Crippen LogP contribution in [-0.2, 0) is 15.3 Å². The molecule has 0 radical (unpaired) electrons. The molecule has 1 saturated carbocycles. The zero-order valence-electron chi connectivity index (χ0n) is 13.6. The van der Waals surface area contributed by atoms with Crippen LogP contribution in [0.25, 0.3) is 0 Å². The molecule has 0 amide bonds. The van der Waals surface area contributed by atoms with Crippen LogP contribution in [-0.4, -0.2) is 39.7 Å². The molecule has 23 heavy (non-hydrogen) atoms. The minimum atomic E-state index is -2.89. The molecule has 1 aliphatic heterocycles. The molecule has 1 aliphatic carbocycles. The minimum absolute atomic E-state index is 0.0316. The lowest BCUT2D eigenvalue weighted by Crippen LogP contribution is -2.45. The normalized spacial score (nSPS) is 23.0. The van der Waals surface area contributed by atoms with Gasteiger partial charge in [0, 0.05) is 12.0 Å². The Hall–Kier alpha value is -1.27. The highest BCUT2D eigenvalue weighted by molar-refractivity contribution is 7.92. The van der Waals surface area contributed by atoms with Crippen LogP contribution >= 0.6 is 0 Å². The summed E-state index contributed by atoms with van der Waals surface area (Å²) in [5.74, 6) is 1.44. The summed E-state index contributed by atoms with van der Waals surface area (Å²) >= 11 is 0. The van der Waals surface area contributed by atoms with Crippen molar-refractivity contribution in [1.82, 2.24) is 0 Å². The number of nitrogens with two attached hydrogens (primary N) is 1. The lowest BCUT2D eigenvalue weighted by atomic mass is 9.69. The Bertz CT molecular complexity index is 653. The third kappa shape index (κ3) is 3.33. The molecule has 1 aromatic carbocycles. The number of rotatable bonds is 5. The largest absolute Gasteiger partial charge is 0.493 e. The summed E-state index contributed by atoms with van der Waals surface area (Å²) in [5.41, 5.74) is 7.33. The SMILES string of the molecule is COc1cc(C2(CN)CCCCC2)ccc1OC1CS(=O)(=O)C1. The molecule has 1 aromatic rings. The van der Waals surface area contributed by atoms with E-state index in [1.54, 1.807) is 7.11 Å². The first-order valence-corrected chi connectivity index (χ1v) is 10.1. The van der Waals surface area contributed by atoms with Gasteiger partial charge in [-0.3, -0.25) is 0 Å². The van der Waals surface area contributed by atoms with E-state index in [2.05, 4.69) is 6.07 Å². The van der Waals surface area contributed by atoms with Gasteiger partial charge in [0.1, 0.15) is 6.10 Å².